The minimum Gasteiger partial charge on any atom is -0.494 e. The van der Waals surface area contributed by atoms with Crippen molar-refractivity contribution < 1.29 is 9.66 Å². The Morgan fingerprint density at radius 2 is 1.95 bits per heavy atom. The molecule has 2 aromatic rings. The molecule has 0 aliphatic heterocycles. The van der Waals surface area contributed by atoms with Crippen LogP contribution in [-0.4, -0.2) is 17.7 Å². The van der Waals surface area contributed by atoms with Gasteiger partial charge in [0.15, 0.2) is 0 Å². The Morgan fingerprint density at radius 1 is 1.24 bits per heavy atom. The summed E-state index contributed by atoms with van der Waals surface area (Å²) >= 11 is 0. The summed E-state index contributed by atoms with van der Waals surface area (Å²) in [7, 11) is 0. The first-order chi connectivity index (χ1) is 10.1. The standard InChI is InChI=1S/C16H16N2O3/c1-3-21-15-7-4-13(5-8-15)11-17-16-9-6-14(18(19)20)10-12(16)2/h4-11H,3H2,1-2H3. The highest BCUT2D eigenvalue weighted by Crippen LogP contribution is 2.23. The molecule has 0 aromatic heterocycles. The maximum atomic E-state index is 10.7. The number of nitro groups is 1. The van der Waals surface area contributed by atoms with Gasteiger partial charge in [0, 0.05) is 18.3 Å². The molecule has 0 spiro atoms. The van der Waals surface area contributed by atoms with Crippen molar-refractivity contribution >= 4 is 17.6 Å². The summed E-state index contributed by atoms with van der Waals surface area (Å²) < 4.78 is 5.37. The first kappa shape index (κ1) is 14.7. The van der Waals surface area contributed by atoms with Crippen LogP contribution in [0.4, 0.5) is 11.4 Å². The lowest BCUT2D eigenvalue weighted by atomic mass is 10.2. The normalized spacial score (nSPS) is 10.8. The van der Waals surface area contributed by atoms with Crippen molar-refractivity contribution in [2.45, 2.75) is 13.8 Å². The number of benzene rings is 2. The fourth-order valence-electron chi connectivity index (χ4n) is 1.86. The molecule has 0 unspecified atom stereocenters. The number of ether oxygens (including phenoxy) is 1. The van der Waals surface area contributed by atoms with E-state index in [1.54, 1.807) is 19.2 Å². The molecule has 5 heteroatoms. The highest BCUT2D eigenvalue weighted by Gasteiger charge is 2.06. The zero-order chi connectivity index (χ0) is 15.2. The predicted molar refractivity (Wildman–Crippen MR) is 82.7 cm³/mol. The topological polar surface area (TPSA) is 64.7 Å². The summed E-state index contributed by atoms with van der Waals surface area (Å²) in [4.78, 5) is 14.6. The summed E-state index contributed by atoms with van der Waals surface area (Å²) in [6, 6.07) is 12.2. The van der Waals surface area contributed by atoms with E-state index >= 15 is 0 Å². The Balaban J connectivity index is 2.15. The number of nitro benzene ring substituents is 1. The van der Waals surface area contributed by atoms with Crippen LogP contribution < -0.4 is 4.74 Å². The summed E-state index contributed by atoms with van der Waals surface area (Å²) in [6.07, 6.45) is 1.73. The molecule has 0 fully saturated rings. The van der Waals surface area contributed by atoms with Gasteiger partial charge in [-0.3, -0.25) is 15.1 Å². The number of aryl methyl sites for hydroxylation is 1. The average molecular weight is 284 g/mol. The quantitative estimate of drug-likeness (QED) is 0.472. The van der Waals surface area contributed by atoms with Gasteiger partial charge < -0.3 is 4.74 Å². The molecule has 0 N–H and O–H groups in total. The first-order valence-corrected chi connectivity index (χ1v) is 6.62. The Bertz CT molecular complexity index is 664. The third-order valence-electron chi connectivity index (χ3n) is 2.94. The van der Waals surface area contributed by atoms with Crippen LogP contribution in [0.15, 0.2) is 47.5 Å². The van der Waals surface area contributed by atoms with E-state index in [9.17, 15) is 10.1 Å². The Labute approximate surface area is 123 Å². The smallest absolute Gasteiger partial charge is 0.269 e. The molecule has 0 aliphatic carbocycles. The van der Waals surface area contributed by atoms with Gasteiger partial charge >= 0.3 is 0 Å². The minimum absolute atomic E-state index is 0.0764. The van der Waals surface area contributed by atoms with Crippen LogP contribution in [0, 0.1) is 17.0 Å². The van der Waals surface area contributed by atoms with Crippen LogP contribution in [0.3, 0.4) is 0 Å². The fourth-order valence-corrected chi connectivity index (χ4v) is 1.86. The van der Waals surface area contributed by atoms with Gasteiger partial charge in [-0.1, -0.05) is 0 Å². The lowest BCUT2D eigenvalue weighted by molar-refractivity contribution is -0.384. The van der Waals surface area contributed by atoms with Crippen LogP contribution in [-0.2, 0) is 0 Å². The van der Waals surface area contributed by atoms with Crippen LogP contribution in [0.1, 0.15) is 18.1 Å². The summed E-state index contributed by atoms with van der Waals surface area (Å²) in [5.41, 5.74) is 2.50. The highest BCUT2D eigenvalue weighted by molar-refractivity contribution is 5.82. The van der Waals surface area contributed by atoms with Gasteiger partial charge in [-0.2, -0.15) is 0 Å². The SMILES string of the molecule is CCOc1ccc(C=Nc2ccc([N+](=O)[O-])cc2C)cc1. The number of hydrogen-bond acceptors (Lipinski definition) is 4. The second kappa shape index (κ2) is 6.65. The molecular weight excluding hydrogens is 268 g/mol. The monoisotopic (exact) mass is 284 g/mol. The summed E-state index contributed by atoms with van der Waals surface area (Å²) in [5.74, 6) is 0.821. The van der Waals surface area contributed by atoms with Gasteiger partial charge in [-0.05, 0) is 55.3 Å². The maximum absolute atomic E-state index is 10.7. The van der Waals surface area contributed by atoms with Gasteiger partial charge in [0.2, 0.25) is 0 Å². The molecule has 0 saturated heterocycles. The molecule has 0 amide bonds. The zero-order valence-corrected chi connectivity index (χ0v) is 11.9. The fraction of sp³-hybridized carbons (Fsp3) is 0.188. The van der Waals surface area contributed by atoms with E-state index in [1.807, 2.05) is 31.2 Å². The number of non-ortho nitro benzene ring substituents is 1. The Morgan fingerprint density at radius 3 is 2.52 bits per heavy atom. The van der Waals surface area contributed by atoms with Crippen molar-refractivity contribution in [1.82, 2.24) is 0 Å². The zero-order valence-electron chi connectivity index (χ0n) is 11.9. The van der Waals surface area contributed by atoms with E-state index in [0.717, 1.165) is 22.6 Å². The average Bonchev–Trinajstić information content (AvgIpc) is 2.47. The van der Waals surface area contributed by atoms with Crippen molar-refractivity contribution in [2.75, 3.05) is 6.61 Å². The molecule has 0 aliphatic rings. The third kappa shape index (κ3) is 3.89. The van der Waals surface area contributed by atoms with Gasteiger partial charge in [-0.15, -0.1) is 0 Å². The van der Waals surface area contributed by atoms with Gasteiger partial charge in [0.25, 0.3) is 5.69 Å². The van der Waals surface area contributed by atoms with E-state index < -0.39 is 4.92 Å². The van der Waals surface area contributed by atoms with E-state index in [0.29, 0.717) is 6.61 Å². The summed E-state index contributed by atoms with van der Waals surface area (Å²) in [6.45, 7) is 4.38. The van der Waals surface area contributed by atoms with E-state index in [4.69, 9.17) is 4.74 Å². The lowest BCUT2D eigenvalue weighted by Crippen LogP contribution is -1.91. The molecule has 21 heavy (non-hydrogen) atoms. The molecule has 0 radical (unpaired) electrons. The van der Waals surface area contributed by atoms with Crippen LogP contribution in [0.5, 0.6) is 5.75 Å². The minimum atomic E-state index is -0.410. The number of nitrogens with zero attached hydrogens (tertiary/aromatic N) is 2. The largest absolute Gasteiger partial charge is 0.494 e. The molecule has 0 heterocycles. The van der Waals surface area contributed by atoms with Crippen LogP contribution >= 0.6 is 0 Å². The molecule has 2 rings (SSSR count). The van der Waals surface area contributed by atoms with Gasteiger partial charge in [-0.25, -0.2) is 0 Å². The second-order valence-corrected chi connectivity index (χ2v) is 4.49. The van der Waals surface area contributed by atoms with Crippen LogP contribution in [0.25, 0.3) is 0 Å². The van der Waals surface area contributed by atoms with Crippen molar-refractivity contribution in [1.29, 1.82) is 0 Å². The summed E-state index contributed by atoms with van der Waals surface area (Å²) in [5, 5.41) is 10.7. The molecule has 108 valence electrons. The van der Waals surface area contributed by atoms with Crippen molar-refractivity contribution in [3.63, 3.8) is 0 Å². The van der Waals surface area contributed by atoms with Crippen molar-refractivity contribution in [2.24, 2.45) is 4.99 Å². The van der Waals surface area contributed by atoms with Crippen molar-refractivity contribution in [3.8, 4) is 5.75 Å². The highest BCUT2D eigenvalue weighted by atomic mass is 16.6. The lowest BCUT2D eigenvalue weighted by Gasteiger charge is -2.02. The first-order valence-electron chi connectivity index (χ1n) is 6.62. The molecule has 0 bridgehead atoms. The number of hydrogen-bond donors (Lipinski definition) is 0. The van der Waals surface area contributed by atoms with Crippen LogP contribution in [0.2, 0.25) is 0 Å². The third-order valence-corrected chi connectivity index (χ3v) is 2.94. The predicted octanol–water partition coefficient (Wildman–Crippen LogP) is 4.05. The molecule has 2 aromatic carbocycles. The Hall–Kier alpha value is -2.69. The Kier molecular flexibility index (Phi) is 4.66. The molecular formula is C16H16N2O3. The maximum Gasteiger partial charge on any atom is 0.269 e. The van der Waals surface area contributed by atoms with Gasteiger partial charge in [0.1, 0.15) is 5.75 Å². The van der Waals surface area contributed by atoms with E-state index in [-0.39, 0.29) is 5.69 Å². The van der Waals surface area contributed by atoms with E-state index in [2.05, 4.69) is 4.99 Å². The molecule has 0 atom stereocenters. The number of rotatable bonds is 5. The van der Waals surface area contributed by atoms with Crippen molar-refractivity contribution in [3.05, 3.63) is 63.7 Å². The van der Waals surface area contributed by atoms with E-state index in [1.165, 1.54) is 12.1 Å². The number of aliphatic imine (C=N–C) groups is 1. The molecule has 0 saturated carbocycles. The molecule has 5 nitrogen and oxygen atoms in total. The van der Waals surface area contributed by atoms with Gasteiger partial charge in [0.05, 0.1) is 17.2 Å². The second-order valence-electron chi connectivity index (χ2n) is 4.49.